The molecule has 1 heterocycles. The molecule has 0 aromatic carbocycles. The van der Waals surface area contributed by atoms with E-state index in [9.17, 15) is 9.59 Å². The van der Waals surface area contributed by atoms with E-state index >= 15 is 0 Å². The van der Waals surface area contributed by atoms with Gasteiger partial charge in [-0.1, -0.05) is 0 Å². The number of carbonyl (C=O) groups is 2. The maximum atomic E-state index is 11.5. The summed E-state index contributed by atoms with van der Waals surface area (Å²) < 4.78 is 5.06. The number of rotatable bonds is 3. The molecule has 0 aliphatic heterocycles. The zero-order valence-electron chi connectivity index (χ0n) is 11.4. The molecule has 1 aromatic heterocycles. The summed E-state index contributed by atoms with van der Waals surface area (Å²) in [6.07, 6.45) is 5.40. The minimum Gasteiger partial charge on any atom is -0.444 e. The van der Waals surface area contributed by atoms with Gasteiger partial charge in [0.15, 0.2) is 5.78 Å². The van der Waals surface area contributed by atoms with Crippen LogP contribution in [0, 0.1) is 0 Å². The van der Waals surface area contributed by atoms with Crippen molar-refractivity contribution in [3.05, 3.63) is 24.0 Å². The van der Waals surface area contributed by atoms with Crippen molar-refractivity contribution in [3.8, 4) is 0 Å². The molecular formula is C13H17N3O3. The number of nitrogens with zero attached hydrogens (tertiary/aromatic N) is 2. The van der Waals surface area contributed by atoms with Crippen molar-refractivity contribution >= 4 is 23.9 Å². The Labute approximate surface area is 111 Å². The van der Waals surface area contributed by atoms with Gasteiger partial charge in [0.2, 0.25) is 5.95 Å². The highest BCUT2D eigenvalue weighted by molar-refractivity contribution is 5.91. The second kappa shape index (κ2) is 6.08. The van der Waals surface area contributed by atoms with E-state index in [1.807, 2.05) is 0 Å². The second-order valence-corrected chi connectivity index (χ2v) is 4.91. The molecular weight excluding hydrogens is 246 g/mol. The maximum absolute atomic E-state index is 11.5. The Balaban J connectivity index is 2.62. The first-order chi connectivity index (χ1) is 8.76. The molecule has 0 bridgehead atoms. The molecule has 0 unspecified atom stereocenters. The van der Waals surface area contributed by atoms with Gasteiger partial charge < -0.3 is 4.74 Å². The Hall–Kier alpha value is -2.24. The Bertz CT molecular complexity index is 487. The van der Waals surface area contributed by atoms with Gasteiger partial charge in [-0.05, 0) is 39.8 Å². The predicted octanol–water partition coefficient (Wildman–Crippen LogP) is 2.43. The fourth-order valence-corrected chi connectivity index (χ4v) is 1.10. The predicted molar refractivity (Wildman–Crippen MR) is 71.6 cm³/mol. The van der Waals surface area contributed by atoms with E-state index in [1.54, 1.807) is 26.8 Å². The number of ketones is 1. The molecule has 0 fully saturated rings. The van der Waals surface area contributed by atoms with Crippen LogP contribution in [0.5, 0.6) is 0 Å². The average Bonchev–Trinajstić information content (AvgIpc) is 2.25. The van der Waals surface area contributed by atoms with Crippen LogP contribution >= 0.6 is 0 Å². The minimum absolute atomic E-state index is 0.0593. The summed E-state index contributed by atoms with van der Waals surface area (Å²) in [5, 5.41) is 2.42. The molecule has 1 N–H and O–H groups in total. The van der Waals surface area contributed by atoms with Crippen LogP contribution in [0.15, 0.2) is 18.5 Å². The highest BCUT2D eigenvalue weighted by Crippen LogP contribution is 2.09. The van der Waals surface area contributed by atoms with E-state index in [1.165, 1.54) is 25.4 Å². The standard InChI is InChI=1S/C13H17N3O3/c1-9(17)5-6-10-7-14-11(15-8-10)16-12(18)19-13(2,3)4/h5-8H,1-4H3,(H,14,15,16,18)/b6-5+. The molecule has 0 spiro atoms. The number of aromatic nitrogens is 2. The van der Waals surface area contributed by atoms with Crippen molar-refractivity contribution in [1.29, 1.82) is 0 Å². The third-order valence-corrected chi connectivity index (χ3v) is 1.80. The van der Waals surface area contributed by atoms with E-state index in [0.717, 1.165) is 0 Å². The molecule has 1 amide bonds. The fraction of sp³-hybridized carbons (Fsp3) is 0.385. The van der Waals surface area contributed by atoms with E-state index in [2.05, 4.69) is 15.3 Å². The molecule has 0 aliphatic rings. The van der Waals surface area contributed by atoms with Crippen LogP contribution in [0.4, 0.5) is 10.7 Å². The molecule has 0 atom stereocenters. The van der Waals surface area contributed by atoms with Crippen LogP contribution in [0.2, 0.25) is 0 Å². The molecule has 19 heavy (non-hydrogen) atoms. The SMILES string of the molecule is CC(=O)/C=C/c1cnc(NC(=O)OC(C)(C)C)nc1. The number of carbonyl (C=O) groups excluding carboxylic acids is 2. The molecule has 1 aromatic rings. The number of amides is 1. The molecule has 0 aliphatic carbocycles. The van der Waals surface area contributed by atoms with Gasteiger partial charge in [-0.3, -0.25) is 10.1 Å². The van der Waals surface area contributed by atoms with Crippen molar-refractivity contribution in [3.63, 3.8) is 0 Å². The number of nitrogens with one attached hydrogen (secondary N) is 1. The fourth-order valence-electron chi connectivity index (χ4n) is 1.10. The van der Waals surface area contributed by atoms with Crippen molar-refractivity contribution in [2.45, 2.75) is 33.3 Å². The molecule has 102 valence electrons. The van der Waals surface area contributed by atoms with Gasteiger partial charge in [-0.15, -0.1) is 0 Å². The summed E-state index contributed by atoms with van der Waals surface area (Å²) in [6.45, 7) is 6.76. The lowest BCUT2D eigenvalue weighted by molar-refractivity contribution is -0.112. The Kier molecular flexibility index (Phi) is 4.74. The van der Waals surface area contributed by atoms with Crippen molar-refractivity contribution < 1.29 is 14.3 Å². The van der Waals surface area contributed by atoms with Gasteiger partial charge in [0.05, 0.1) is 0 Å². The van der Waals surface area contributed by atoms with Crippen LogP contribution in [-0.4, -0.2) is 27.4 Å². The smallest absolute Gasteiger partial charge is 0.414 e. The summed E-state index contributed by atoms with van der Waals surface area (Å²) in [4.78, 5) is 30.1. The number of hydrogen-bond acceptors (Lipinski definition) is 5. The van der Waals surface area contributed by atoms with E-state index in [0.29, 0.717) is 5.56 Å². The van der Waals surface area contributed by atoms with Crippen molar-refractivity contribution in [2.24, 2.45) is 0 Å². The lowest BCUT2D eigenvalue weighted by Gasteiger charge is -2.19. The Morgan fingerprint density at radius 1 is 1.26 bits per heavy atom. The van der Waals surface area contributed by atoms with E-state index in [-0.39, 0.29) is 11.7 Å². The van der Waals surface area contributed by atoms with Crippen LogP contribution < -0.4 is 5.32 Å². The largest absolute Gasteiger partial charge is 0.444 e. The molecule has 6 nitrogen and oxygen atoms in total. The van der Waals surface area contributed by atoms with Gasteiger partial charge >= 0.3 is 6.09 Å². The average molecular weight is 263 g/mol. The third kappa shape index (κ3) is 6.30. The second-order valence-electron chi connectivity index (χ2n) is 4.91. The Morgan fingerprint density at radius 2 is 1.84 bits per heavy atom. The Morgan fingerprint density at radius 3 is 2.32 bits per heavy atom. The quantitative estimate of drug-likeness (QED) is 0.847. The maximum Gasteiger partial charge on any atom is 0.414 e. The first-order valence-corrected chi connectivity index (χ1v) is 5.77. The number of allylic oxidation sites excluding steroid dienone is 1. The lowest BCUT2D eigenvalue weighted by Crippen LogP contribution is -2.27. The van der Waals surface area contributed by atoms with Gasteiger partial charge in [-0.2, -0.15) is 0 Å². The summed E-state index contributed by atoms with van der Waals surface area (Å²) in [6, 6.07) is 0. The summed E-state index contributed by atoms with van der Waals surface area (Å²) in [7, 11) is 0. The highest BCUT2D eigenvalue weighted by atomic mass is 16.6. The molecule has 0 saturated heterocycles. The molecule has 6 heteroatoms. The number of ether oxygens (including phenoxy) is 1. The van der Waals surface area contributed by atoms with Crippen molar-refractivity contribution in [1.82, 2.24) is 9.97 Å². The summed E-state index contributed by atoms with van der Waals surface area (Å²) in [5.74, 6) is 0.0881. The molecule has 0 radical (unpaired) electrons. The zero-order valence-corrected chi connectivity index (χ0v) is 11.4. The molecule has 1 rings (SSSR count). The number of hydrogen-bond donors (Lipinski definition) is 1. The van der Waals surface area contributed by atoms with Gasteiger partial charge in [-0.25, -0.2) is 14.8 Å². The lowest BCUT2D eigenvalue weighted by atomic mass is 10.2. The third-order valence-electron chi connectivity index (χ3n) is 1.80. The zero-order chi connectivity index (χ0) is 14.5. The first kappa shape index (κ1) is 14.8. The highest BCUT2D eigenvalue weighted by Gasteiger charge is 2.16. The first-order valence-electron chi connectivity index (χ1n) is 5.77. The monoisotopic (exact) mass is 263 g/mol. The van der Waals surface area contributed by atoms with Crippen LogP contribution in [0.1, 0.15) is 33.3 Å². The minimum atomic E-state index is -0.612. The van der Waals surface area contributed by atoms with E-state index in [4.69, 9.17) is 4.74 Å². The summed E-state index contributed by atoms with van der Waals surface area (Å²) >= 11 is 0. The van der Waals surface area contributed by atoms with Gasteiger partial charge in [0.25, 0.3) is 0 Å². The summed E-state index contributed by atoms with van der Waals surface area (Å²) in [5.41, 5.74) is 0.0961. The topological polar surface area (TPSA) is 81.2 Å². The van der Waals surface area contributed by atoms with Crippen LogP contribution in [0.3, 0.4) is 0 Å². The van der Waals surface area contributed by atoms with Gasteiger partial charge in [0.1, 0.15) is 5.60 Å². The van der Waals surface area contributed by atoms with Crippen molar-refractivity contribution in [2.75, 3.05) is 5.32 Å². The molecule has 0 saturated carbocycles. The van der Waals surface area contributed by atoms with Crippen LogP contribution in [0.25, 0.3) is 6.08 Å². The van der Waals surface area contributed by atoms with Gasteiger partial charge in [0, 0.05) is 18.0 Å². The van der Waals surface area contributed by atoms with E-state index < -0.39 is 11.7 Å². The normalized spacial score (nSPS) is 11.4. The van der Waals surface area contributed by atoms with Crippen LogP contribution in [-0.2, 0) is 9.53 Å². The number of anilines is 1.